The summed E-state index contributed by atoms with van der Waals surface area (Å²) in [4.78, 5) is 20.8. The van der Waals surface area contributed by atoms with Crippen molar-refractivity contribution >= 4 is 22.8 Å². The third-order valence-corrected chi connectivity index (χ3v) is 7.29. The van der Waals surface area contributed by atoms with Gasteiger partial charge in [-0.2, -0.15) is 18.3 Å². The zero-order chi connectivity index (χ0) is 24.4. The van der Waals surface area contributed by atoms with Crippen molar-refractivity contribution in [3.63, 3.8) is 0 Å². The molecule has 0 aromatic carbocycles. The highest BCUT2D eigenvalue weighted by Crippen LogP contribution is 2.45. The second-order valence-corrected chi connectivity index (χ2v) is 9.67. The van der Waals surface area contributed by atoms with Gasteiger partial charge in [-0.15, -0.1) is 0 Å². The van der Waals surface area contributed by atoms with Crippen molar-refractivity contribution in [2.75, 3.05) is 42.6 Å². The summed E-state index contributed by atoms with van der Waals surface area (Å²) in [7, 11) is 0. The molecule has 6 heterocycles. The lowest BCUT2D eigenvalue weighted by molar-refractivity contribution is -0.141. The van der Waals surface area contributed by atoms with Crippen LogP contribution in [0.25, 0.3) is 11.2 Å². The van der Waals surface area contributed by atoms with Crippen LogP contribution in [0.5, 0.6) is 0 Å². The molecule has 3 fully saturated rings. The van der Waals surface area contributed by atoms with Crippen LogP contribution in [0.2, 0.25) is 0 Å². The van der Waals surface area contributed by atoms with E-state index >= 15 is 0 Å². The van der Waals surface area contributed by atoms with E-state index in [1.165, 1.54) is 6.92 Å². The number of alkyl halides is 3. The first kappa shape index (κ1) is 22.4. The smallest absolute Gasteiger partial charge is 0.377 e. The number of aliphatic hydroxyl groups excluding tert-OH is 1. The number of piperidine rings is 1. The molecule has 1 spiro atoms. The summed E-state index contributed by atoms with van der Waals surface area (Å²) in [5.41, 5.74) is 0.264. The molecule has 186 valence electrons. The van der Waals surface area contributed by atoms with Crippen LogP contribution in [0.15, 0.2) is 18.5 Å². The lowest BCUT2D eigenvalue weighted by atomic mass is 9.77. The first-order chi connectivity index (χ1) is 16.7. The highest BCUT2D eigenvalue weighted by molar-refractivity contribution is 5.71. The first-order valence-corrected chi connectivity index (χ1v) is 11.6. The van der Waals surface area contributed by atoms with Crippen LogP contribution in [0, 0.1) is 12.3 Å². The molecule has 0 amide bonds. The molecule has 0 aliphatic carbocycles. The van der Waals surface area contributed by atoms with E-state index in [-0.39, 0.29) is 23.1 Å². The average Bonchev–Trinajstić information content (AvgIpc) is 3.33. The average molecular weight is 490 g/mol. The largest absolute Gasteiger partial charge is 0.433 e. The molecule has 0 saturated carbocycles. The van der Waals surface area contributed by atoms with Crippen LogP contribution in [-0.4, -0.2) is 73.9 Å². The molecule has 3 aromatic heterocycles. The number of halogens is 3. The molecule has 3 aliphatic rings. The van der Waals surface area contributed by atoms with E-state index in [0.29, 0.717) is 39.3 Å². The summed E-state index contributed by atoms with van der Waals surface area (Å²) < 4.78 is 46.9. The minimum Gasteiger partial charge on any atom is -0.377 e. The molecule has 0 radical (unpaired) electrons. The van der Waals surface area contributed by atoms with Crippen molar-refractivity contribution < 1.29 is 23.0 Å². The van der Waals surface area contributed by atoms with Crippen molar-refractivity contribution in [1.82, 2.24) is 29.7 Å². The molecule has 10 nitrogen and oxygen atoms in total. The molecular formula is C22H25F3N8O2. The second kappa shape index (κ2) is 7.98. The molecule has 3 saturated heterocycles. The Hall–Kier alpha value is -3.06. The standard InChI is InChI=1S/C22H25F3N8O2/c1-13-28-16(22(23,24)25)6-17(29-13)32-12-21(7-19(32)34)2-4-31(5-3-21)18-9-26-15-8-27-33(20(15)30-18)14-10-35-11-14/h6,8-9,14,19,34H,2-5,7,10-12H2,1H3. The van der Waals surface area contributed by atoms with Gasteiger partial charge in [-0.25, -0.2) is 24.6 Å². The topological polar surface area (TPSA) is 105 Å². The number of hydrogen-bond acceptors (Lipinski definition) is 9. The van der Waals surface area contributed by atoms with E-state index in [9.17, 15) is 18.3 Å². The highest BCUT2D eigenvalue weighted by Gasteiger charge is 2.46. The van der Waals surface area contributed by atoms with E-state index in [1.54, 1.807) is 17.3 Å². The van der Waals surface area contributed by atoms with Gasteiger partial charge in [-0.3, -0.25) is 0 Å². The van der Waals surface area contributed by atoms with E-state index in [4.69, 9.17) is 9.72 Å². The molecular weight excluding hydrogens is 465 g/mol. The zero-order valence-corrected chi connectivity index (χ0v) is 19.1. The lowest BCUT2D eigenvalue weighted by Gasteiger charge is -2.39. The van der Waals surface area contributed by atoms with Crippen molar-refractivity contribution in [1.29, 1.82) is 0 Å². The van der Waals surface area contributed by atoms with Crippen molar-refractivity contribution in [2.45, 2.75) is 44.6 Å². The van der Waals surface area contributed by atoms with Gasteiger partial charge in [-0.05, 0) is 31.6 Å². The third-order valence-electron chi connectivity index (χ3n) is 7.29. The van der Waals surface area contributed by atoms with Crippen LogP contribution < -0.4 is 9.80 Å². The van der Waals surface area contributed by atoms with E-state index in [1.807, 2.05) is 4.68 Å². The molecule has 0 bridgehead atoms. The predicted molar refractivity (Wildman–Crippen MR) is 119 cm³/mol. The third kappa shape index (κ3) is 3.96. The van der Waals surface area contributed by atoms with Gasteiger partial charge in [0.05, 0.1) is 25.6 Å². The molecule has 1 atom stereocenters. The predicted octanol–water partition coefficient (Wildman–Crippen LogP) is 2.33. The van der Waals surface area contributed by atoms with Gasteiger partial charge in [0.2, 0.25) is 0 Å². The molecule has 35 heavy (non-hydrogen) atoms. The minimum atomic E-state index is -4.57. The summed E-state index contributed by atoms with van der Waals surface area (Å²) in [6.45, 7) is 4.51. The maximum atomic E-state index is 13.3. The van der Waals surface area contributed by atoms with E-state index in [0.717, 1.165) is 35.9 Å². The Morgan fingerprint density at radius 2 is 1.86 bits per heavy atom. The number of hydrogen-bond donors (Lipinski definition) is 1. The molecule has 6 rings (SSSR count). The number of aliphatic hydroxyl groups is 1. The molecule has 1 N–H and O–H groups in total. The Labute approximate surface area is 198 Å². The molecule has 13 heteroatoms. The lowest BCUT2D eigenvalue weighted by Crippen LogP contribution is -2.42. The summed E-state index contributed by atoms with van der Waals surface area (Å²) in [5.74, 6) is 0.909. The number of nitrogens with zero attached hydrogens (tertiary/aromatic N) is 8. The number of fused-ring (bicyclic) bond motifs is 1. The van der Waals surface area contributed by atoms with E-state index < -0.39 is 18.1 Å². The number of anilines is 2. The SMILES string of the molecule is Cc1nc(N2CC3(CCN(c4cnc5cnn(C6COC6)c5n4)CC3)CC2O)cc(C(F)(F)F)n1. The molecule has 3 aromatic rings. The van der Waals surface area contributed by atoms with Gasteiger partial charge in [0, 0.05) is 25.7 Å². The van der Waals surface area contributed by atoms with Gasteiger partial charge in [0.15, 0.2) is 5.65 Å². The Morgan fingerprint density at radius 1 is 1.09 bits per heavy atom. The number of aryl methyl sites for hydroxylation is 1. The summed E-state index contributed by atoms with van der Waals surface area (Å²) in [6.07, 6.45) is 0.0136. The van der Waals surface area contributed by atoms with Crippen molar-refractivity contribution in [3.05, 3.63) is 30.0 Å². The minimum absolute atomic E-state index is 0.0273. The van der Waals surface area contributed by atoms with Crippen LogP contribution in [0.3, 0.4) is 0 Å². The van der Waals surface area contributed by atoms with Crippen molar-refractivity contribution in [3.8, 4) is 0 Å². The fourth-order valence-electron chi connectivity index (χ4n) is 5.27. The second-order valence-electron chi connectivity index (χ2n) is 9.67. The Morgan fingerprint density at radius 3 is 2.54 bits per heavy atom. The van der Waals surface area contributed by atoms with Gasteiger partial charge in [0.1, 0.15) is 40.9 Å². The summed E-state index contributed by atoms with van der Waals surface area (Å²) in [5, 5.41) is 15.2. The van der Waals surface area contributed by atoms with Gasteiger partial charge in [-0.1, -0.05) is 0 Å². The fraction of sp³-hybridized carbons (Fsp3) is 0.591. The monoisotopic (exact) mass is 490 g/mol. The molecule has 3 aliphatic heterocycles. The van der Waals surface area contributed by atoms with Crippen molar-refractivity contribution in [2.24, 2.45) is 5.41 Å². The first-order valence-electron chi connectivity index (χ1n) is 11.6. The van der Waals surface area contributed by atoms with Gasteiger partial charge >= 0.3 is 6.18 Å². The number of rotatable bonds is 3. The quantitative estimate of drug-likeness (QED) is 0.592. The van der Waals surface area contributed by atoms with Crippen LogP contribution >= 0.6 is 0 Å². The van der Waals surface area contributed by atoms with Crippen LogP contribution in [0.4, 0.5) is 24.8 Å². The van der Waals surface area contributed by atoms with Crippen LogP contribution in [-0.2, 0) is 10.9 Å². The summed E-state index contributed by atoms with van der Waals surface area (Å²) >= 11 is 0. The number of ether oxygens (including phenoxy) is 1. The Bertz CT molecular complexity index is 1250. The maximum Gasteiger partial charge on any atom is 0.433 e. The fourth-order valence-corrected chi connectivity index (χ4v) is 5.27. The highest BCUT2D eigenvalue weighted by atomic mass is 19.4. The zero-order valence-electron chi connectivity index (χ0n) is 19.1. The van der Waals surface area contributed by atoms with Crippen LogP contribution in [0.1, 0.15) is 36.8 Å². The summed E-state index contributed by atoms with van der Waals surface area (Å²) in [6, 6.07) is 1.10. The van der Waals surface area contributed by atoms with Gasteiger partial charge in [0.25, 0.3) is 0 Å². The number of aromatic nitrogens is 6. The Kier molecular flexibility index (Phi) is 5.11. The molecule has 1 unspecified atom stereocenters. The van der Waals surface area contributed by atoms with Gasteiger partial charge < -0.3 is 19.6 Å². The van der Waals surface area contributed by atoms with E-state index in [2.05, 4.69) is 25.0 Å². The Balaban J connectivity index is 1.18. The maximum absolute atomic E-state index is 13.3. The normalized spacial score (nSPS) is 22.8.